The lowest BCUT2D eigenvalue weighted by Crippen LogP contribution is -2.43. The minimum absolute atomic E-state index is 0.202. The Bertz CT molecular complexity index is 615. The SMILES string of the molecule is CC(C)(C)[Si](C)(C)Oc1ccc(Nc2ccc(Cl)cc2)cc1. The van der Waals surface area contributed by atoms with Crippen molar-refractivity contribution < 1.29 is 4.43 Å². The summed E-state index contributed by atoms with van der Waals surface area (Å²) in [5.41, 5.74) is 2.05. The zero-order chi connectivity index (χ0) is 16.4. The van der Waals surface area contributed by atoms with Crippen LogP contribution in [0.4, 0.5) is 11.4 Å². The molecule has 0 heterocycles. The Hall–Kier alpha value is -1.45. The van der Waals surface area contributed by atoms with Crippen LogP contribution in [0.2, 0.25) is 23.2 Å². The van der Waals surface area contributed by atoms with Crippen molar-refractivity contribution in [2.75, 3.05) is 5.32 Å². The van der Waals surface area contributed by atoms with Crippen LogP contribution in [-0.2, 0) is 0 Å². The standard InChI is InChI=1S/C18H24ClNOSi/c1-18(2,3)22(4,5)21-17-12-10-16(11-13-17)20-15-8-6-14(19)7-9-15/h6-13,20H,1-5H3. The van der Waals surface area contributed by atoms with Crippen LogP contribution >= 0.6 is 11.6 Å². The highest BCUT2D eigenvalue weighted by Crippen LogP contribution is 2.37. The van der Waals surface area contributed by atoms with Crippen LogP contribution in [-0.4, -0.2) is 8.32 Å². The molecule has 0 aliphatic heterocycles. The molecule has 22 heavy (non-hydrogen) atoms. The predicted molar refractivity (Wildman–Crippen MR) is 99.0 cm³/mol. The molecule has 2 nitrogen and oxygen atoms in total. The van der Waals surface area contributed by atoms with Crippen molar-refractivity contribution in [3.63, 3.8) is 0 Å². The monoisotopic (exact) mass is 333 g/mol. The molecule has 1 N–H and O–H groups in total. The van der Waals surface area contributed by atoms with Crippen LogP contribution < -0.4 is 9.74 Å². The van der Waals surface area contributed by atoms with Gasteiger partial charge in [0.1, 0.15) is 5.75 Å². The number of anilines is 2. The molecule has 2 aromatic rings. The largest absolute Gasteiger partial charge is 0.544 e. The first kappa shape index (κ1) is 16.9. The van der Waals surface area contributed by atoms with Crippen LogP contribution in [0, 0.1) is 0 Å². The molecule has 0 amide bonds. The van der Waals surface area contributed by atoms with Gasteiger partial charge in [-0.2, -0.15) is 0 Å². The van der Waals surface area contributed by atoms with E-state index in [2.05, 4.69) is 39.2 Å². The lowest BCUT2D eigenvalue weighted by molar-refractivity contribution is 0.492. The van der Waals surface area contributed by atoms with Gasteiger partial charge in [-0.25, -0.2) is 0 Å². The van der Waals surface area contributed by atoms with Crippen molar-refractivity contribution in [2.45, 2.75) is 38.9 Å². The Morgan fingerprint density at radius 3 is 1.77 bits per heavy atom. The number of halogens is 1. The molecule has 0 spiro atoms. The van der Waals surface area contributed by atoms with Gasteiger partial charge < -0.3 is 9.74 Å². The summed E-state index contributed by atoms with van der Waals surface area (Å²) in [5.74, 6) is 0.938. The van der Waals surface area contributed by atoms with E-state index in [4.69, 9.17) is 16.0 Å². The van der Waals surface area contributed by atoms with E-state index in [1.54, 1.807) is 0 Å². The second kappa shape index (κ2) is 6.35. The van der Waals surface area contributed by atoms with Gasteiger partial charge in [-0.05, 0) is 66.7 Å². The van der Waals surface area contributed by atoms with Crippen molar-refractivity contribution in [1.82, 2.24) is 0 Å². The van der Waals surface area contributed by atoms with Crippen LogP contribution in [0.3, 0.4) is 0 Å². The van der Waals surface area contributed by atoms with E-state index >= 15 is 0 Å². The van der Waals surface area contributed by atoms with E-state index in [-0.39, 0.29) is 5.04 Å². The van der Waals surface area contributed by atoms with Crippen LogP contribution in [0.1, 0.15) is 20.8 Å². The summed E-state index contributed by atoms with van der Waals surface area (Å²) < 4.78 is 6.28. The summed E-state index contributed by atoms with van der Waals surface area (Å²) in [6.45, 7) is 11.3. The molecule has 0 atom stereocenters. The molecule has 0 fully saturated rings. The number of rotatable bonds is 4. The molecule has 0 saturated heterocycles. The molecule has 0 radical (unpaired) electrons. The molecular weight excluding hydrogens is 310 g/mol. The summed E-state index contributed by atoms with van der Waals surface area (Å²) >= 11 is 5.89. The Balaban J connectivity index is 2.06. The zero-order valence-corrected chi connectivity index (χ0v) is 15.7. The molecule has 2 rings (SSSR count). The van der Waals surface area contributed by atoms with E-state index in [1.165, 1.54) is 0 Å². The summed E-state index contributed by atoms with van der Waals surface area (Å²) in [5, 5.41) is 4.29. The van der Waals surface area contributed by atoms with Gasteiger partial charge in [-0.3, -0.25) is 0 Å². The van der Waals surface area contributed by atoms with Gasteiger partial charge in [0.25, 0.3) is 0 Å². The van der Waals surface area contributed by atoms with Crippen molar-refractivity contribution in [1.29, 1.82) is 0 Å². The Labute approximate surface area is 139 Å². The van der Waals surface area contributed by atoms with E-state index in [0.29, 0.717) is 0 Å². The fourth-order valence-corrected chi connectivity index (χ4v) is 2.91. The van der Waals surface area contributed by atoms with Gasteiger partial charge >= 0.3 is 0 Å². The highest BCUT2D eigenvalue weighted by molar-refractivity contribution is 6.74. The summed E-state index contributed by atoms with van der Waals surface area (Å²) in [6.07, 6.45) is 0. The van der Waals surface area contributed by atoms with Gasteiger partial charge in [-0.15, -0.1) is 0 Å². The van der Waals surface area contributed by atoms with E-state index in [9.17, 15) is 0 Å². The first-order valence-corrected chi connectivity index (χ1v) is 10.8. The fourth-order valence-electron chi connectivity index (χ4n) is 1.75. The smallest absolute Gasteiger partial charge is 0.250 e. The highest BCUT2D eigenvalue weighted by atomic mass is 35.5. The topological polar surface area (TPSA) is 21.3 Å². The summed E-state index contributed by atoms with van der Waals surface area (Å²) in [4.78, 5) is 0. The van der Waals surface area contributed by atoms with Gasteiger partial charge in [0, 0.05) is 16.4 Å². The van der Waals surface area contributed by atoms with Crippen molar-refractivity contribution in [3.05, 3.63) is 53.6 Å². The predicted octanol–water partition coefficient (Wildman–Crippen LogP) is 6.47. The number of hydrogen-bond donors (Lipinski definition) is 1. The summed E-state index contributed by atoms with van der Waals surface area (Å²) in [6, 6.07) is 15.8. The molecular formula is C18H24ClNOSi. The quantitative estimate of drug-likeness (QED) is 0.647. The molecule has 118 valence electrons. The third kappa shape index (κ3) is 4.28. The molecule has 0 aromatic heterocycles. The normalized spacial score (nSPS) is 12.1. The fraction of sp³-hybridized carbons (Fsp3) is 0.333. The first-order valence-electron chi connectivity index (χ1n) is 7.49. The Morgan fingerprint density at radius 2 is 1.32 bits per heavy atom. The Morgan fingerprint density at radius 1 is 0.864 bits per heavy atom. The van der Waals surface area contributed by atoms with Crippen LogP contribution in [0.5, 0.6) is 5.75 Å². The maximum Gasteiger partial charge on any atom is 0.250 e. The molecule has 0 aliphatic rings. The molecule has 0 bridgehead atoms. The third-order valence-corrected chi connectivity index (χ3v) is 8.78. The Kier molecular flexibility index (Phi) is 4.88. The lowest BCUT2D eigenvalue weighted by Gasteiger charge is -2.36. The second-order valence-electron chi connectivity index (χ2n) is 7.02. The maximum absolute atomic E-state index is 6.28. The molecule has 0 aliphatic carbocycles. The van der Waals surface area contributed by atoms with Gasteiger partial charge in [0.2, 0.25) is 8.32 Å². The maximum atomic E-state index is 6.28. The first-order chi connectivity index (χ1) is 10.2. The minimum atomic E-state index is -1.78. The minimum Gasteiger partial charge on any atom is -0.544 e. The molecule has 2 aromatic carbocycles. The van der Waals surface area contributed by atoms with Crippen LogP contribution in [0.15, 0.2) is 48.5 Å². The lowest BCUT2D eigenvalue weighted by atomic mass is 10.2. The number of hydrogen-bond acceptors (Lipinski definition) is 2. The van der Waals surface area contributed by atoms with Crippen molar-refractivity contribution in [2.24, 2.45) is 0 Å². The van der Waals surface area contributed by atoms with E-state index in [0.717, 1.165) is 22.1 Å². The highest BCUT2D eigenvalue weighted by Gasteiger charge is 2.38. The molecule has 0 saturated carbocycles. The van der Waals surface area contributed by atoms with Gasteiger partial charge in [0.15, 0.2) is 0 Å². The second-order valence-corrected chi connectivity index (χ2v) is 12.2. The average Bonchev–Trinajstić information content (AvgIpc) is 2.42. The third-order valence-electron chi connectivity index (χ3n) is 4.17. The molecule has 4 heteroatoms. The van der Waals surface area contributed by atoms with Crippen molar-refractivity contribution in [3.8, 4) is 5.75 Å². The average molecular weight is 334 g/mol. The van der Waals surface area contributed by atoms with E-state index in [1.807, 2.05) is 48.5 Å². The summed E-state index contributed by atoms with van der Waals surface area (Å²) in [7, 11) is -1.78. The van der Waals surface area contributed by atoms with Gasteiger partial charge in [0.05, 0.1) is 0 Å². The van der Waals surface area contributed by atoms with Crippen LogP contribution in [0.25, 0.3) is 0 Å². The van der Waals surface area contributed by atoms with E-state index < -0.39 is 8.32 Å². The molecule has 0 unspecified atom stereocenters. The van der Waals surface area contributed by atoms with Gasteiger partial charge in [-0.1, -0.05) is 32.4 Å². The number of benzene rings is 2. The number of nitrogens with one attached hydrogen (secondary N) is 1. The zero-order valence-electron chi connectivity index (χ0n) is 13.9. The van der Waals surface area contributed by atoms with Crippen molar-refractivity contribution >= 4 is 31.3 Å².